The van der Waals surface area contributed by atoms with Crippen molar-refractivity contribution in [3.8, 4) is 11.4 Å². The van der Waals surface area contributed by atoms with Crippen molar-refractivity contribution in [1.29, 1.82) is 0 Å². The van der Waals surface area contributed by atoms with Gasteiger partial charge in [-0.15, -0.1) is 10.2 Å². The fraction of sp³-hybridized carbons (Fsp3) is 0.188. The first-order valence-corrected chi connectivity index (χ1v) is 8.48. The predicted molar refractivity (Wildman–Crippen MR) is 92.8 cm³/mol. The summed E-state index contributed by atoms with van der Waals surface area (Å²) in [5.74, 6) is 1.03. The van der Waals surface area contributed by atoms with Gasteiger partial charge in [-0.2, -0.15) is 0 Å². The van der Waals surface area contributed by atoms with E-state index in [2.05, 4.69) is 10.2 Å². The van der Waals surface area contributed by atoms with Gasteiger partial charge in [-0.05, 0) is 43.3 Å². The first-order chi connectivity index (χ1) is 11.5. The highest BCUT2D eigenvalue weighted by atomic mass is 35.5. The Bertz CT molecular complexity index is 830. The van der Waals surface area contributed by atoms with E-state index in [-0.39, 0.29) is 0 Å². The molecule has 0 aliphatic heterocycles. The number of thioether (sulfide) groups is 1. The molecule has 1 atom stereocenters. The highest BCUT2D eigenvalue weighted by Gasteiger charge is 2.20. The van der Waals surface area contributed by atoms with Crippen LogP contribution in [0.3, 0.4) is 0 Å². The number of furan rings is 1. The van der Waals surface area contributed by atoms with Crippen LogP contribution in [0.1, 0.15) is 12.7 Å². The number of carbonyl (C=O) groups is 1. The van der Waals surface area contributed by atoms with Crippen LogP contribution in [0.4, 0.5) is 0 Å². The molecule has 0 saturated heterocycles. The standard InChI is InChI=1S/C16H15ClN4O2S/c1-10(14(18)22)24-16-20-19-15(11-4-6-12(17)7-5-11)21(16)9-13-3-2-8-23-13/h2-8,10H,9H2,1H3,(H2,18,22). The van der Waals surface area contributed by atoms with Gasteiger partial charge in [-0.3, -0.25) is 9.36 Å². The topological polar surface area (TPSA) is 86.9 Å². The molecule has 0 bridgehead atoms. The van der Waals surface area contributed by atoms with Gasteiger partial charge >= 0.3 is 0 Å². The summed E-state index contributed by atoms with van der Waals surface area (Å²) in [5.41, 5.74) is 6.23. The maximum Gasteiger partial charge on any atom is 0.230 e. The summed E-state index contributed by atoms with van der Waals surface area (Å²) >= 11 is 7.22. The van der Waals surface area contributed by atoms with Gasteiger partial charge in [0.25, 0.3) is 0 Å². The molecule has 2 aromatic heterocycles. The van der Waals surface area contributed by atoms with Gasteiger partial charge < -0.3 is 10.2 Å². The summed E-state index contributed by atoms with van der Waals surface area (Å²) < 4.78 is 7.32. The van der Waals surface area contributed by atoms with Crippen molar-refractivity contribution in [2.24, 2.45) is 5.73 Å². The number of carbonyl (C=O) groups excluding carboxylic acids is 1. The van der Waals surface area contributed by atoms with Gasteiger partial charge in [0.05, 0.1) is 18.1 Å². The second kappa shape index (κ2) is 7.11. The van der Waals surface area contributed by atoms with Crippen LogP contribution in [0.25, 0.3) is 11.4 Å². The second-order valence-electron chi connectivity index (χ2n) is 5.14. The Hall–Kier alpha value is -2.25. The SMILES string of the molecule is CC(Sc1nnc(-c2ccc(Cl)cc2)n1Cc1ccco1)C(N)=O. The van der Waals surface area contributed by atoms with Crippen LogP contribution in [0, 0.1) is 0 Å². The summed E-state index contributed by atoms with van der Waals surface area (Å²) in [6.45, 7) is 2.19. The van der Waals surface area contributed by atoms with Crippen LogP contribution >= 0.6 is 23.4 Å². The molecule has 0 fully saturated rings. The van der Waals surface area contributed by atoms with Crippen molar-refractivity contribution in [2.75, 3.05) is 0 Å². The van der Waals surface area contributed by atoms with Crippen molar-refractivity contribution in [3.63, 3.8) is 0 Å². The average molecular weight is 363 g/mol. The number of halogens is 1. The normalized spacial score (nSPS) is 12.2. The predicted octanol–water partition coefficient (Wildman–Crippen LogP) is 3.21. The number of amides is 1. The van der Waals surface area contributed by atoms with Crippen molar-refractivity contribution in [1.82, 2.24) is 14.8 Å². The zero-order valence-corrected chi connectivity index (χ0v) is 14.4. The molecule has 1 unspecified atom stereocenters. The summed E-state index contributed by atoms with van der Waals surface area (Å²) in [4.78, 5) is 11.4. The lowest BCUT2D eigenvalue weighted by Gasteiger charge is -2.10. The average Bonchev–Trinajstić information content (AvgIpc) is 3.19. The lowest BCUT2D eigenvalue weighted by Crippen LogP contribution is -2.23. The van der Waals surface area contributed by atoms with E-state index in [1.807, 2.05) is 28.8 Å². The minimum atomic E-state index is -0.414. The number of primary amides is 1. The minimum absolute atomic E-state index is 0.402. The van der Waals surface area contributed by atoms with E-state index in [4.69, 9.17) is 21.8 Å². The maximum absolute atomic E-state index is 11.4. The third-order valence-corrected chi connectivity index (χ3v) is 4.75. The number of hydrogen-bond donors (Lipinski definition) is 1. The molecule has 8 heteroatoms. The summed E-state index contributed by atoms with van der Waals surface area (Å²) in [5, 5.41) is 9.31. The van der Waals surface area contributed by atoms with Gasteiger partial charge in [0.1, 0.15) is 5.76 Å². The molecule has 0 radical (unpaired) electrons. The maximum atomic E-state index is 11.4. The molecule has 24 heavy (non-hydrogen) atoms. The monoisotopic (exact) mass is 362 g/mol. The van der Waals surface area contributed by atoms with Gasteiger partial charge in [-0.1, -0.05) is 23.4 Å². The number of aromatic nitrogens is 3. The van der Waals surface area contributed by atoms with E-state index < -0.39 is 11.2 Å². The zero-order chi connectivity index (χ0) is 17.1. The number of benzene rings is 1. The Morgan fingerprint density at radius 2 is 2.08 bits per heavy atom. The Kier molecular flexibility index (Phi) is 4.92. The van der Waals surface area contributed by atoms with Crippen molar-refractivity contribution < 1.29 is 9.21 Å². The molecule has 2 N–H and O–H groups in total. The molecule has 3 aromatic rings. The van der Waals surface area contributed by atoms with E-state index in [1.54, 1.807) is 25.3 Å². The smallest absolute Gasteiger partial charge is 0.230 e. The van der Waals surface area contributed by atoms with E-state index in [1.165, 1.54) is 11.8 Å². The lowest BCUT2D eigenvalue weighted by molar-refractivity contribution is -0.117. The number of hydrogen-bond acceptors (Lipinski definition) is 5. The van der Waals surface area contributed by atoms with Crippen LogP contribution in [0.2, 0.25) is 5.02 Å². The fourth-order valence-corrected chi connectivity index (χ4v) is 3.03. The molecule has 3 rings (SSSR count). The molecule has 0 spiro atoms. The fourth-order valence-electron chi connectivity index (χ4n) is 2.11. The molecule has 0 saturated carbocycles. The third-order valence-electron chi connectivity index (χ3n) is 3.40. The molecule has 6 nitrogen and oxygen atoms in total. The summed E-state index contributed by atoms with van der Waals surface area (Å²) in [7, 11) is 0. The van der Waals surface area contributed by atoms with Crippen LogP contribution in [0.15, 0.2) is 52.2 Å². The van der Waals surface area contributed by atoms with E-state index in [0.717, 1.165) is 11.3 Å². The zero-order valence-electron chi connectivity index (χ0n) is 12.8. The number of nitrogens with zero attached hydrogens (tertiary/aromatic N) is 3. The highest BCUT2D eigenvalue weighted by Crippen LogP contribution is 2.28. The highest BCUT2D eigenvalue weighted by molar-refractivity contribution is 8.00. The first-order valence-electron chi connectivity index (χ1n) is 7.22. The summed E-state index contributed by atoms with van der Waals surface area (Å²) in [6.07, 6.45) is 1.61. The molecule has 2 heterocycles. The van der Waals surface area contributed by atoms with Crippen molar-refractivity contribution >= 4 is 29.3 Å². The molecule has 124 valence electrons. The lowest BCUT2D eigenvalue weighted by atomic mass is 10.2. The van der Waals surface area contributed by atoms with E-state index in [9.17, 15) is 4.79 Å². The van der Waals surface area contributed by atoms with Crippen molar-refractivity contribution in [2.45, 2.75) is 23.9 Å². The Morgan fingerprint density at radius 1 is 1.33 bits per heavy atom. The second-order valence-corrected chi connectivity index (χ2v) is 6.89. The van der Waals surface area contributed by atoms with Gasteiger partial charge in [-0.25, -0.2) is 0 Å². The van der Waals surface area contributed by atoms with E-state index >= 15 is 0 Å². The molecule has 1 aromatic carbocycles. The Balaban J connectivity index is 2.00. The Labute approximate surface area is 148 Å². The van der Waals surface area contributed by atoms with Crippen LogP contribution in [0.5, 0.6) is 0 Å². The van der Waals surface area contributed by atoms with Crippen molar-refractivity contribution in [3.05, 3.63) is 53.4 Å². The number of nitrogens with two attached hydrogens (primary N) is 1. The molecule has 0 aliphatic carbocycles. The molecule has 0 aliphatic rings. The van der Waals surface area contributed by atoms with Gasteiger partial charge in [0, 0.05) is 10.6 Å². The first kappa shape index (κ1) is 16.6. The van der Waals surface area contributed by atoms with Crippen LogP contribution < -0.4 is 5.73 Å². The Morgan fingerprint density at radius 3 is 2.71 bits per heavy atom. The van der Waals surface area contributed by atoms with Gasteiger partial charge in [0.2, 0.25) is 5.91 Å². The quantitative estimate of drug-likeness (QED) is 0.680. The molecule has 1 amide bonds. The van der Waals surface area contributed by atoms with E-state index in [0.29, 0.717) is 22.5 Å². The third kappa shape index (κ3) is 3.63. The summed E-state index contributed by atoms with van der Waals surface area (Å²) in [6, 6.07) is 11.0. The minimum Gasteiger partial charge on any atom is -0.467 e. The van der Waals surface area contributed by atoms with Crippen LogP contribution in [-0.2, 0) is 11.3 Å². The molecular weight excluding hydrogens is 348 g/mol. The number of rotatable bonds is 6. The molecular formula is C16H15ClN4O2S. The van der Waals surface area contributed by atoms with Crippen LogP contribution in [-0.4, -0.2) is 25.9 Å². The largest absolute Gasteiger partial charge is 0.467 e. The van der Waals surface area contributed by atoms with Gasteiger partial charge in [0.15, 0.2) is 11.0 Å².